The molecule has 0 N–H and O–H groups in total. The molecule has 6 heteroatoms. The van der Waals surface area contributed by atoms with Gasteiger partial charge in [0.05, 0.1) is 32.7 Å². The maximum absolute atomic E-state index is 4.97. The largest absolute Gasteiger partial charge is 0.260 e. The van der Waals surface area contributed by atoms with E-state index in [9.17, 15) is 0 Å². The van der Waals surface area contributed by atoms with Crippen LogP contribution in [0, 0.1) is 5.92 Å². The molecule has 1 aliphatic carbocycles. The van der Waals surface area contributed by atoms with E-state index in [1.807, 2.05) is 24.5 Å². The van der Waals surface area contributed by atoms with Gasteiger partial charge in [0.2, 0.25) is 0 Å². The number of pyridine rings is 2. The Kier molecular flexibility index (Phi) is 8.74. The Labute approximate surface area is 233 Å². The summed E-state index contributed by atoms with van der Waals surface area (Å²) in [5.41, 5.74) is 3.63. The number of hydrogen-bond donors (Lipinski definition) is 0. The van der Waals surface area contributed by atoms with E-state index in [0.29, 0.717) is 5.92 Å². The lowest BCUT2D eigenvalue weighted by Gasteiger charge is -2.46. The van der Waals surface area contributed by atoms with Gasteiger partial charge in [-0.1, -0.05) is 117 Å². The van der Waals surface area contributed by atoms with Gasteiger partial charge in [0.1, 0.15) is 0 Å². The summed E-state index contributed by atoms with van der Waals surface area (Å²) < 4.78 is 0. The molecule has 0 aliphatic heterocycles. The third-order valence-corrected chi connectivity index (χ3v) is 16.9. The summed E-state index contributed by atoms with van der Waals surface area (Å²) in [5, 5.41) is 3.55. The molecule has 0 spiro atoms. The van der Waals surface area contributed by atoms with Crippen molar-refractivity contribution in [2.24, 2.45) is 5.92 Å². The molecule has 2 aromatic heterocycles. The number of allylic oxidation sites excluding steroid dienone is 4. The molecular weight excluding hydrogens is 518 g/mol. The third-order valence-electron chi connectivity index (χ3n) is 7.51. The Morgan fingerprint density at radius 1 is 0.757 bits per heavy atom. The zero-order valence-corrected chi connectivity index (χ0v) is 29.4. The van der Waals surface area contributed by atoms with Crippen molar-refractivity contribution in [2.75, 3.05) is 6.16 Å². The second-order valence-corrected chi connectivity index (χ2v) is 29.5. The third kappa shape index (κ3) is 6.46. The summed E-state index contributed by atoms with van der Waals surface area (Å²) in [6.45, 7) is 30.1. The molecule has 2 nitrogen and oxygen atoms in total. The average Bonchev–Trinajstić information content (AvgIpc) is 3.17. The lowest BCUT2D eigenvalue weighted by molar-refractivity contribution is 0.662. The van der Waals surface area contributed by atoms with Gasteiger partial charge in [0.25, 0.3) is 0 Å². The number of aromatic nitrogens is 2. The van der Waals surface area contributed by atoms with Gasteiger partial charge in [-0.05, 0) is 46.3 Å². The Bertz CT molecular complexity index is 1090. The van der Waals surface area contributed by atoms with Crippen molar-refractivity contribution < 1.29 is 0 Å². The topological polar surface area (TPSA) is 25.8 Å². The summed E-state index contributed by atoms with van der Waals surface area (Å²) in [6.07, 6.45) is 7.73. The fourth-order valence-electron chi connectivity index (χ4n) is 6.16. The number of rotatable bonds is 7. The van der Waals surface area contributed by atoms with Gasteiger partial charge < -0.3 is 0 Å². The Morgan fingerprint density at radius 3 is 1.54 bits per heavy atom. The van der Waals surface area contributed by atoms with Gasteiger partial charge in [-0.2, -0.15) is 0 Å². The summed E-state index contributed by atoms with van der Waals surface area (Å²) in [5.74, 6) is 0.416. The van der Waals surface area contributed by atoms with E-state index in [1.165, 1.54) is 11.7 Å². The van der Waals surface area contributed by atoms with E-state index in [1.54, 1.807) is 10.4 Å². The molecule has 0 saturated heterocycles. The van der Waals surface area contributed by atoms with Crippen molar-refractivity contribution in [3.8, 4) is 0 Å². The monoisotopic (exact) mass is 568 g/mol. The molecule has 37 heavy (non-hydrogen) atoms. The van der Waals surface area contributed by atoms with Gasteiger partial charge in [-0.15, -0.1) is 9.24 Å². The minimum Gasteiger partial charge on any atom is -0.260 e. The zero-order chi connectivity index (χ0) is 28.0. The molecule has 2 unspecified atom stereocenters. The first-order valence-corrected chi connectivity index (χ1v) is 22.8. The highest BCUT2D eigenvalue weighted by Crippen LogP contribution is 2.64. The average molecular weight is 569 g/mol. The van der Waals surface area contributed by atoms with E-state index >= 15 is 0 Å². The Balaban J connectivity index is 2.38. The highest BCUT2D eigenvalue weighted by Gasteiger charge is 2.50. The van der Waals surface area contributed by atoms with Crippen LogP contribution in [0.25, 0.3) is 0 Å². The van der Waals surface area contributed by atoms with E-state index < -0.39 is 21.3 Å². The van der Waals surface area contributed by atoms with Crippen LogP contribution in [0.4, 0.5) is 0 Å². The lowest BCUT2D eigenvalue weighted by Crippen LogP contribution is -2.39. The van der Waals surface area contributed by atoms with Crippen LogP contribution in [0.3, 0.4) is 0 Å². The number of hydrogen-bond acceptors (Lipinski definition) is 2. The quantitative estimate of drug-likeness (QED) is 0.246. The standard InChI is InChI=1S/C31H50N2P2Si2/c1-29(2,3)35(30(4,5)6)22-23-24(21-25(36(7,8)9)28(23)37(10,11)12)31(34,26-17-13-15-19-32-26)27-18-14-16-20-33-27/h13-21,23H,22,34H2,1-12H3. The first-order valence-electron chi connectivity index (χ1n) is 13.7. The van der Waals surface area contributed by atoms with Crippen molar-refractivity contribution in [2.45, 2.75) is 96.3 Å². The molecule has 0 amide bonds. The van der Waals surface area contributed by atoms with Crippen molar-refractivity contribution in [3.05, 3.63) is 82.2 Å². The maximum atomic E-state index is 4.97. The lowest BCUT2D eigenvalue weighted by atomic mass is 9.84. The van der Waals surface area contributed by atoms with Gasteiger partial charge in [-0.25, -0.2) is 0 Å². The normalized spacial score (nSPS) is 18.0. The summed E-state index contributed by atoms with van der Waals surface area (Å²) in [4.78, 5) is 9.93. The van der Waals surface area contributed by atoms with Crippen LogP contribution in [0.1, 0.15) is 52.9 Å². The fraction of sp³-hybridized carbons (Fsp3) is 0.548. The van der Waals surface area contributed by atoms with Gasteiger partial charge >= 0.3 is 0 Å². The molecule has 2 heterocycles. The van der Waals surface area contributed by atoms with Crippen molar-refractivity contribution in [3.63, 3.8) is 0 Å². The molecule has 0 saturated carbocycles. The summed E-state index contributed by atoms with van der Waals surface area (Å²) in [6, 6.07) is 12.7. The van der Waals surface area contributed by atoms with Crippen LogP contribution in [0.2, 0.25) is 39.3 Å². The minimum atomic E-state index is -1.65. The maximum Gasteiger partial charge on any atom is 0.0902 e. The van der Waals surface area contributed by atoms with Gasteiger partial charge in [0.15, 0.2) is 0 Å². The molecule has 1 aliphatic rings. The van der Waals surface area contributed by atoms with Crippen LogP contribution in [0.5, 0.6) is 0 Å². The fourth-order valence-corrected chi connectivity index (χ4v) is 16.8. The van der Waals surface area contributed by atoms with Crippen LogP contribution in [0.15, 0.2) is 70.8 Å². The first-order chi connectivity index (χ1) is 16.8. The molecule has 0 fully saturated rings. The Hall–Kier alpha value is -0.926. The Morgan fingerprint density at radius 2 is 1.22 bits per heavy atom. The summed E-state index contributed by atoms with van der Waals surface area (Å²) >= 11 is 0. The second-order valence-electron chi connectivity index (χ2n) is 14.7. The number of nitrogens with zero attached hydrogens (tertiary/aromatic N) is 2. The van der Waals surface area contributed by atoms with Crippen LogP contribution < -0.4 is 0 Å². The van der Waals surface area contributed by atoms with E-state index in [-0.39, 0.29) is 18.2 Å². The molecule has 0 aromatic carbocycles. The van der Waals surface area contributed by atoms with E-state index in [2.05, 4.69) is 120 Å². The van der Waals surface area contributed by atoms with Crippen LogP contribution in [-0.2, 0) is 5.16 Å². The van der Waals surface area contributed by atoms with Gasteiger partial charge in [0, 0.05) is 18.3 Å². The van der Waals surface area contributed by atoms with Crippen LogP contribution >= 0.6 is 17.2 Å². The molecule has 0 radical (unpaired) electrons. The van der Waals surface area contributed by atoms with Crippen molar-refractivity contribution in [1.29, 1.82) is 0 Å². The molecular formula is C31H50N2P2Si2. The SMILES string of the molecule is CC(C)(C)P(CC1C(C(P)(c2ccccn2)c2ccccn2)=CC([Si](C)(C)C)=C1[Si](C)(C)C)C(C)(C)C. The smallest absolute Gasteiger partial charge is 0.0902 e. The molecule has 2 aromatic rings. The van der Waals surface area contributed by atoms with Gasteiger partial charge in [-0.3, -0.25) is 9.97 Å². The summed E-state index contributed by atoms with van der Waals surface area (Å²) in [7, 11) is -0.267. The predicted octanol–water partition coefficient (Wildman–Crippen LogP) is 9.28. The minimum absolute atomic E-state index is 0.269. The van der Waals surface area contributed by atoms with Crippen molar-refractivity contribution >= 4 is 33.3 Å². The van der Waals surface area contributed by atoms with Crippen LogP contribution in [-0.4, -0.2) is 42.6 Å². The van der Waals surface area contributed by atoms with E-state index in [0.717, 1.165) is 11.4 Å². The second kappa shape index (κ2) is 10.6. The molecule has 2 atom stereocenters. The predicted molar refractivity (Wildman–Crippen MR) is 176 cm³/mol. The molecule has 202 valence electrons. The highest BCUT2D eigenvalue weighted by molar-refractivity contribution is 7.60. The molecule has 3 rings (SSSR count). The highest BCUT2D eigenvalue weighted by atomic mass is 31.1. The van der Waals surface area contributed by atoms with Crippen molar-refractivity contribution in [1.82, 2.24) is 9.97 Å². The zero-order valence-electron chi connectivity index (χ0n) is 25.4. The van der Waals surface area contributed by atoms with E-state index in [4.69, 9.17) is 9.97 Å². The first kappa shape index (κ1) is 30.6. The molecule has 0 bridgehead atoms.